The molecule has 2 amide bonds. The molecule has 0 saturated carbocycles. The zero-order valence-electron chi connectivity index (χ0n) is 21.8. The average molecular weight is 569 g/mol. The summed E-state index contributed by atoms with van der Waals surface area (Å²) in [5.41, 5.74) is 4.55. The van der Waals surface area contributed by atoms with Crippen LogP contribution in [0.5, 0.6) is 0 Å². The van der Waals surface area contributed by atoms with E-state index in [9.17, 15) is 19.2 Å². The van der Waals surface area contributed by atoms with Crippen molar-refractivity contribution in [3.63, 3.8) is 0 Å². The van der Waals surface area contributed by atoms with Crippen LogP contribution in [0.4, 0.5) is 0 Å². The SMILES string of the molecule is Cl.NNCC(=O)N[C@@H](CC(=O)OCc1ccccc1)C(=O)N[C@@H](Cc1ccccc1)C(=O)OCc1ccccc1. The zero-order chi connectivity index (χ0) is 27.9. The van der Waals surface area contributed by atoms with E-state index in [2.05, 4.69) is 16.1 Å². The lowest BCUT2D eigenvalue weighted by Gasteiger charge is -2.22. The van der Waals surface area contributed by atoms with Gasteiger partial charge in [-0.25, -0.2) is 4.79 Å². The molecule has 0 radical (unpaired) electrons. The van der Waals surface area contributed by atoms with Crippen molar-refractivity contribution in [3.05, 3.63) is 108 Å². The van der Waals surface area contributed by atoms with Gasteiger partial charge in [-0.15, -0.1) is 12.4 Å². The fourth-order valence-corrected chi connectivity index (χ4v) is 3.66. The predicted octanol–water partition coefficient (Wildman–Crippen LogP) is 1.96. The second-order valence-electron chi connectivity index (χ2n) is 8.70. The van der Waals surface area contributed by atoms with Crippen molar-refractivity contribution in [2.45, 2.75) is 38.1 Å². The van der Waals surface area contributed by atoms with Crippen LogP contribution in [-0.2, 0) is 48.3 Å². The van der Waals surface area contributed by atoms with Gasteiger partial charge < -0.3 is 20.1 Å². The van der Waals surface area contributed by atoms with Crippen LogP contribution in [-0.4, -0.2) is 42.4 Å². The molecule has 40 heavy (non-hydrogen) atoms. The van der Waals surface area contributed by atoms with E-state index in [1.54, 1.807) is 12.1 Å². The first-order valence-corrected chi connectivity index (χ1v) is 12.4. The molecule has 0 spiro atoms. The normalized spacial score (nSPS) is 11.7. The highest BCUT2D eigenvalue weighted by Crippen LogP contribution is 2.09. The van der Waals surface area contributed by atoms with Crippen LogP contribution in [0, 0.1) is 0 Å². The Morgan fingerprint density at radius 2 is 1.18 bits per heavy atom. The van der Waals surface area contributed by atoms with Crippen molar-refractivity contribution in [1.82, 2.24) is 16.1 Å². The third-order valence-corrected chi connectivity index (χ3v) is 5.64. The minimum atomic E-state index is -1.31. The van der Waals surface area contributed by atoms with E-state index >= 15 is 0 Å². The first-order chi connectivity index (χ1) is 18.9. The lowest BCUT2D eigenvalue weighted by molar-refractivity contribution is -0.150. The Morgan fingerprint density at radius 3 is 1.70 bits per heavy atom. The zero-order valence-corrected chi connectivity index (χ0v) is 22.6. The molecule has 0 bridgehead atoms. The van der Waals surface area contributed by atoms with Crippen molar-refractivity contribution in [1.29, 1.82) is 0 Å². The van der Waals surface area contributed by atoms with Crippen molar-refractivity contribution < 1.29 is 28.7 Å². The van der Waals surface area contributed by atoms with Gasteiger partial charge in [0.25, 0.3) is 0 Å². The highest BCUT2D eigenvalue weighted by atomic mass is 35.5. The summed E-state index contributed by atoms with van der Waals surface area (Å²) in [6, 6.07) is 24.9. The summed E-state index contributed by atoms with van der Waals surface area (Å²) in [5.74, 6) is 2.51. The summed E-state index contributed by atoms with van der Waals surface area (Å²) in [6.45, 7) is -0.251. The molecule has 0 saturated heterocycles. The van der Waals surface area contributed by atoms with Gasteiger partial charge in [0.05, 0.1) is 13.0 Å². The third kappa shape index (κ3) is 11.2. The van der Waals surface area contributed by atoms with Gasteiger partial charge in [0.2, 0.25) is 11.8 Å². The Bertz CT molecular complexity index is 1210. The smallest absolute Gasteiger partial charge is 0.329 e. The van der Waals surface area contributed by atoms with E-state index in [1.165, 1.54) is 0 Å². The maximum Gasteiger partial charge on any atom is 0.329 e. The molecule has 0 aromatic heterocycles. The lowest BCUT2D eigenvalue weighted by Crippen LogP contribution is -2.54. The minimum absolute atomic E-state index is 0. The van der Waals surface area contributed by atoms with Gasteiger partial charge in [0, 0.05) is 6.42 Å². The van der Waals surface area contributed by atoms with E-state index < -0.39 is 42.3 Å². The maximum atomic E-state index is 13.3. The summed E-state index contributed by atoms with van der Waals surface area (Å²) in [7, 11) is 0. The van der Waals surface area contributed by atoms with Gasteiger partial charge >= 0.3 is 11.9 Å². The van der Waals surface area contributed by atoms with Gasteiger partial charge in [0.1, 0.15) is 25.3 Å². The van der Waals surface area contributed by atoms with E-state index in [0.29, 0.717) is 0 Å². The number of halogens is 1. The lowest BCUT2D eigenvalue weighted by atomic mass is 10.0. The standard InChI is InChI=1S/C29H32N4O6.ClH/c30-31-18-26(34)32-24(17-27(35)38-19-22-12-6-2-7-13-22)28(36)33-25(16-21-10-4-1-5-11-21)29(37)39-20-23-14-8-3-9-15-23;/h1-15,24-25,31H,16-20,30H2,(H,32,34)(H,33,36);1H/t24-,25-;/m0./s1. The molecule has 0 aliphatic heterocycles. The monoisotopic (exact) mass is 568 g/mol. The molecule has 212 valence electrons. The quantitative estimate of drug-likeness (QED) is 0.131. The second kappa shape index (κ2) is 17.4. The second-order valence-corrected chi connectivity index (χ2v) is 8.70. The fraction of sp³-hybridized carbons (Fsp3) is 0.241. The predicted molar refractivity (Wildman–Crippen MR) is 151 cm³/mol. The number of nitrogens with two attached hydrogens (primary N) is 1. The maximum absolute atomic E-state index is 13.3. The van der Waals surface area contributed by atoms with E-state index in [0.717, 1.165) is 16.7 Å². The summed E-state index contributed by atoms with van der Waals surface area (Å²) < 4.78 is 10.8. The van der Waals surface area contributed by atoms with Crippen LogP contribution in [0.15, 0.2) is 91.0 Å². The third-order valence-electron chi connectivity index (χ3n) is 5.64. The van der Waals surface area contributed by atoms with E-state index in [-0.39, 0.29) is 38.6 Å². The molecular formula is C29H33ClN4O6. The molecule has 5 N–H and O–H groups in total. The Labute approximate surface area is 239 Å². The van der Waals surface area contributed by atoms with Crippen LogP contribution in [0.2, 0.25) is 0 Å². The highest BCUT2D eigenvalue weighted by molar-refractivity contribution is 5.93. The molecule has 3 aromatic carbocycles. The number of amides is 2. The van der Waals surface area contributed by atoms with Crippen LogP contribution in [0.1, 0.15) is 23.1 Å². The largest absolute Gasteiger partial charge is 0.461 e. The van der Waals surface area contributed by atoms with Crippen molar-refractivity contribution >= 4 is 36.2 Å². The van der Waals surface area contributed by atoms with Crippen LogP contribution in [0.25, 0.3) is 0 Å². The van der Waals surface area contributed by atoms with Gasteiger partial charge in [-0.05, 0) is 16.7 Å². The Kier molecular flexibility index (Phi) is 13.9. The Balaban J connectivity index is 0.00000560. The van der Waals surface area contributed by atoms with Crippen LogP contribution in [0.3, 0.4) is 0 Å². The molecule has 3 aromatic rings. The number of nitrogens with one attached hydrogen (secondary N) is 3. The fourth-order valence-electron chi connectivity index (χ4n) is 3.66. The van der Waals surface area contributed by atoms with Gasteiger partial charge in [0.15, 0.2) is 0 Å². The number of carbonyl (C=O) groups excluding carboxylic acids is 4. The number of hydrazine groups is 1. The number of rotatable bonds is 14. The van der Waals surface area contributed by atoms with Crippen molar-refractivity contribution in [3.8, 4) is 0 Å². The average Bonchev–Trinajstić information content (AvgIpc) is 2.96. The van der Waals surface area contributed by atoms with E-state index in [4.69, 9.17) is 15.3 Å². The number of ether oxygens (including phenoxy) is 2. The molecule has 3 rings (SSSR count). The van der Waals surface area contributed by atoms with Crippen LogP contribution >= 0.6 is 12.4 Å². The number of hydrogen-bond donors (Lipinski definition) is 4. The summed E-state index contributed by atoms with van der Waals surface area (Å²) in [5, 5.41) is 5.11. The molecular weight excluding hydrogens is 536 g/mol. The minimum Gasteiger partial charge on any atom is -0.461 e. The van der Waals surface area contributed by atoms with Crippen LogP contribution < -0.4 is 21.9 Å². The van der Waals surface area contributed by atoms with Gasteiger partial charge in [-0.1, -0.05) is 91.0 Å². The summed E-state index contributed by atoms with van der Waals surface area (Å²) >= 11 is 0. The highest BCUT2D eigenvalue weighted by Gasteiger charge is 2.30. The van der Waals surface area contributed by atoms with Gasteiger partial charge in [-0.2, -0.15) is 0 Å². The Hall–Kier alpha value is -4.25. The van der Waals surface area contributed by atoms with Crippen molar-refractivity contribution in [2.75, 3.05) is 6.54 Å². The number of benzene rings is 3. The molecule has 2 atom stereocenters. The first kappa shape index (κ1) is 32.0. The summed E-state index contributed by atoms with van der Waals surface area (Å²) in [6.07, 6.45) is -0.310. The molecule has 11 heteroatoms. The first-order valence-electron chi connectivity index (χ1n) is 12.4. The summed E-state index contributed by atoms with van der Waals surface area (Å²) in [4.78, 5) is 51.1. The topological polar surface area (TPSA) is 149 Å². The molecule has 10 nitrogen and oxygen atoms in total. The Morgan fingerprint density at radius 1 is 0.675 bits per heavy atom. The number of esters is 2. The van der Waals surface area contributed by atoms with Gasteiger partial charge in [-0.3, -0.25) is 25.7 Å². The molecule has 0 unspecified atom stereocenters. The van der Waals surface area contributed by atoms with E-state index in [1.807, 2.05) is 78.9 Å². The number of hydrogen-bond acceptors (Lipinski definition) is 8. The molecule has 0 heterocycles. The molecule has 0 aliphatic rings. The number of carbonyl (C=O) groups is 4. The molecule has 0 fully saturated rings. The molecule has 0 aliphatic carbocycles. The van der Waals surface area contributed by atoms with Crippen molar-refractivity contribution in [2.24, 2.45) is 5.84 Å².